The number of amides is 1. The van der Waals surface area contributed by atoms with Gasteiger partial charge >= 0.3 is 0 Å². The summed E-state index contributed by atoms with van der Waals surface area (Å²) >= 11 is 0. The van der Waals surface area contributed by atoms with Crippen LogP contribution in [0.3, 0.4) is 0 Å². The van der Waals surface area contributed by atoms with Crippen molar-refractivity contribution >= 4 is 11.6 Å². The first kappa shape index (κ1) is 12.2. The third-order valence-electron chi connectivity index (χ3n) is 2.26. The van der Waals surface area contributed by atoms with Crippen molar-refractivity contribution in [3.8, 4) is 6.07 Å². The highest BCUT2D eigenvalue weighted by molar-refractivity contribution is 5.92. The maximum atomic E-state index is 11.5. The largest absolute Gasteiger partial charge is 0.325 e. The summed E-state index contributed by atoms with van der Waals surface area (Å²) in [4.78, 5) is 11.5. The number of nitrogens with zero attached hydrogens (tertiary/aromatic N) is 1. The first-order valence-corrected chi connectivity index (χ1v) is 5.13. The molecule has 0 saturated heterocycles. The van der Waals surface area contributed by atoms with Crippen LogP contribution in [0.2, 0.25) is 0 Å². The number of carbonyl (C=O) groups excluding carboxylic acids is 1. The molecular formula is C12H15N3O. The van der Waals surface area contributed by atoms with Gasteiger partial charge in [0.05, 0.1) is 11.3 Å². The molecule has 1 aromatic rings. The Labute approximate surface area is 95.3 Å². The number of rotatable bonds is 4. The maximum absolute atomic E-state index is 11.5. The van der Waals surface area contributed by atoms with Crippen molar-refractivity contribution in [1.82, 2.24) is 5.32 Å². The summed E-state index contributed by atoms with van der Waals surface area (Å²) in [5.41, 5.74) is 1.98. The molecule has 0 aromatic heterocycles. The highest BCUT2D eigenvalue weighted by atomic mass is 16.1. The van der Waals surface area contributed by atoms with Crippen LogP contribution in [0.15, 0.2) is 18.2 Å². The first-order valence-electron chi connectivity index (χ1n) is 5.13. The molecule has 1 rings (SSSR count). The molecule has 0 heterocycles. The first-order chi connectivity index (χ1) is 7.69. The van der Waals surface area contributed by atoms with Crippen molar-refractivity contribution in [1.29, 1.82) is 5.26 Å². The molecule has 0 aliphatic carbocycles. The van der Waals surface area contributed by atoms with Gasteiger partial charge in [-0.05, 0) is 25.6 Å². The van der Waals surface area contributed by atoms with E-state index in [1.165, 1.54) is 0 Å². The average Bonchev–Trinajstić information content (AvgIpc) is 2.27. The molecule has 0 unspecified atom stereocenters. The normalized spacial score (nSPS) is 9.56. The van der Waals surface area contributed by atoms with E-state index in [2.05, 4.69) is 16.7 Å². The Morgan fingerprint density at radius 1 is 1.50 bits per heavy atom. The molecule has 0 bridgehead atoms. The van der Waals surface area contributed by atoms with E-state index in [0.29, 0.717) is 24.2 Å². The molecular weight excluding hydrogens is 202 g/mol. The van der Waals surface area contributed by atoms with Crippen LogP contribution in [-0.2, 0) is 4.79 Å². The summed E-state index contributed by atoms with van der Waals surface area (Å²) in [6, 6.07) is 7.51. The Bertz CT molecular complexity index is 421. The van der Waals surface area contributed by atoms with Crippen LogP contribution in [0.1, 0.15) is 17.5 Å². The standard InChI is InChI=1S/C12H15N3O/c1-9-4-3-5-11(10(9)8-13)15-12(16)6-7-14-2/h3-5,14H,6-7H2,1-2H3,(H,15,16). The molecule has 2 N–H and O–H groups in total. The molecule has 0 aliphatic heterocycles. The predicted molar refractivity (Wildman–Crippen MR) is 63.1 cm³/mol. The fraction of sp³-hybridized carbons (Fsp3) is 0.333. The summed E-state index contributed by atoms with van der Waals surface area (Å²) in [6.45, 7) is 2.47. The van der Waals surface area contributed by atoms with Gasteiger partial charge in [-0.3, -0.25) is 4.79 Å². The maximum Gasteiger partial charge on any atom is 0.225 e. The van der Waals surface area contributed by atoms with Gasteiger partial charge in [0, 0.05) is 13.0 Å². The summed E-state index contributed by atoms with van der Waals surface area (Å²) in [6.07, 6.45) is 0.398. The molecule has 0 atom stereocenters. The predicted octanol–water partition coefficient (Wildman–Crippen LogP) is 1.41. The lowest BCUT2D eigenvalue weighted by molar-refractivity contribution is -0.116. The minimum atomic E-state index is -0.0866. The number of carbonyl (C=O) groups is 1. The summed E-state index contributed by atoms with van der Waals surface area (Å²) in [5, 5.41) is 14.6. The van der Waals surface area contributed by atoms with Gasteiger partial charge in [-0.2, -0.15) is 5.26 Å². The van der Waals surface area contributed by atoms with Gasteiger partial charge < -0.3 is 10.6 Å². The van der Waals surface area contributed by atoms with E-state index in [9.17, 15) is 4.79 Å². The second kappa shape index (κ2) is 5.89. The lowest BCUT2D eigenvalue weighted by atomic mass is 10.1. The van der Waals surface area contributed by atoms with Crippen LogP contribution >= 0.6 is 0 Å². The summed E-state index contributed by atoms with van der Waals surface area (Å²) in [5.74, 6) is -0.0866. The van der Waals surface area contributed by atoms with Crippen molar-refractivity contribution in [3.63, 3.8) is 0 Å². The van der Waals surface area contributed by atoms with Gasteiger partial charge in [0.1, 0.15) is 6.07 Å². The fourth-order valence-corrected chi connectivity index (χ4v) is 1.37. The van der Waals surface area contributed by atoms with Gasteiger partial charge in [0.15, 0.2) is 0 Å². The van der Waals surface area contributed by atoms with E-state index in [-0.39, 0.29) is 5.91 Å². The molecule has 4 heteroatoms. The zero-order chi connectivity index (χ0) is 12.0. The van der Waals surface area contributed by atoms with Crippen LogP contribution in [-0.4, -0.2) is 19.5 Å². The van der Waals surface area contributed by atoms with E-state index < -0.39 is 0 Å². The molecule has 84 valence electrons. The molecule has 16 heavy (non-hydrogen) atoms. The van der Waals surface area contributed by atoms with Gasteiger partial charge in [-0.15, -0.1) is 0 Å². The smallest absolute Gasteiger partial charge is 0.225 e. The Kier molecular flexibility index (Phi) is 4.49. The lowest BCUT2D eigenvalue weighted by Gasteiger charge is -2.08. The lowest BCUT2D eigenvalue weighted by Crippen LogP contribution is -2.19. The Hall–Kier alpha value is -1.86. The van der Waals surface area contributed by atoms with Crippen LogP contribution in [0.4, 0.5) is 5.69 Å². The van der Waals surface area contributed by atoms with Gasteiger partial charge in [0.25, 0.3) is 0 Å². The molecule has 4 nitrogen and oxygen atoms in total. The SMILES string of the molecule is CNCCC(=O)Nc1cccc(C)c1C#N. The van der Waals surface area contributed by atoms with E-state index in [1.807, 2.05) is 19.1 Å². The number of nitrogens with one attached hydrogen (secondary N) is 2. The molecule has 0 saturated carbocycles. The van der Waals surface area contributed by atoms with Crippen molar-refractivity contribution in [2.24, 2.45) is 0 Å². The number of hydrogen-bond acceptors (Lipinski definition) is 3. The topological polar surface area (TPSA) is 64.9 Å². The number of anilines is 1. The molecule has 0 fully saturated rings. The Morgan fingerprint density at radius 3 is 2.88 bits per heavy atom. The number of hydrogen-bond donors (Lipinski definition) is 2. The van der Waals surface area contributed by atoms with E-state index >= 15 is 0 Å². The third-order valence-corrected chi connectivity index (χ3v) is 2.26. The number of aryl methyl sites for hydroxylation is 1. The highest BCUT2D eigenvalue weighted by Gasteiger charge is 2.07. The minimum Gasteiger partial charge on any atom is -0.325 e. The van der Waals surface area contributed by atoms with E-state index in [1.54, 1.807) is 13.1 Å². The molecule has 1 amide bonds. The second-order valence-electron chi connectivity index (χ2n) is 3.51. The van der Waals surface area contributed by atoms with Crippen molar-refractivity contribution in [2.75, 3.05) is 18.9 Å². The minimum absolute atomic E-state index is 0.0866. The Morgan fingerprint density at radius 2 is 2.25 bits per heavy atom. The van der Waals surface area contributed by atoms with Gasteiger partial charge in [0.2, 0.25) is 5.91 Å². The van der Waals surface area contributed by atoms with Crippen LogP contribution in [0, 0.1) is 18.3 Å². The van der Waals surface area contributed by atoms with Gasteiger partial charge in [-0.1, -0.05) is 12.1 Å². The van der Waals surface area contributed by atoms with E-state index in [0.717, 1.165) is 5.56 Å². The second-order valence-corrected chi connectivity index (χ2v) is 3.51. The van der Waals surface area contributed by atoms with Crippen LogP contribution in [0.5, 0.6) is 0 Å². The van der Waals surface area contributed by atoms with Crippen molar-refractivity contribution in [2.45, 2.75) is 13.3 Å². The van der Waals surface area contributed by atoms with Crippen molar-refractivity contribution < 1.29 is 4.79 Å². The summed E-state index contributed by atoms with van der Waals surface area (Å²) in [7, 11) is 1.79. The molecule has 1 aromatic carbocycles. The fourth-order valence-electron chi connectivity index (χ4n) is 1.37. The van der Waals surface area contributed by atoms with Gasteiger partial charge in [-0.25, -0.2) is 0 Å². The molecule has 0 spiro atoms. The van der Waals surface area contributed by atoms with E-state index in [4.69, 9.17) is 5.26 Å². The van der Waals surface area contributed by atoms with Crippen LogP contribution in [0.25, 0.3) is 0 Å². The Balaban J connectivity index is 2.78. The molecule has 0 radical (unpaired) electrons. The monoisotopic (exact) mass is 217 g/mol. The number of benzene rings is 1. The third kappa shape index (κ3) is 3.07. The number of nitriles is 1. The average molecular weight is 217 g/mol. The quantitative estimate of drug-likeness (QED) is 0.801. The molecule has 0 aliphatic rings. The zero-order valence-electron chi connectivity index (χ0n) is 9.50. The highest BCUT2D eigenvalue weighted by Crippen LogP contribution is 2.18. The van der Waals surface area contributed by atoms with Crippen LogP contribution < -0.4 is 10.6 Å². The summed E-state index contributed by atoms with van der Waals surface area (Å²) < 4.78 is 0. The van der Waals surface area contributed by atoms with Crippen molar-refractivity contribution in [3.05, 3.63) is 29.3 Å². The zero-order valence-corrected chi connectivity index (χ0v) is 9.50.